The average Bonchev–Trinajstić information content (AvgIpc) is 2.84. The standard InChI is InChI=1S/C13H16F2N2O2SSi/c1-21(2,3)8-20-13-17-16-11(19-13)9-4-6-10(7-5-9)18-12(14)15/h4-7,12H,8H2,1-3H3. The second-order valence-electron chi connectivity index (χ2n) is 5.63. The van der Waals surface area contributed by atoms with E-state index in [0.717, 1.165) is 5.38 Å². The van der Waals surface area contributed by atoms with Crippen LogP contribution in [0, 0.1) is 0 Å². The Labute approximate surface area is 126 Å². The van der Waals surface area contributed by atoms with Gasteiger partial charge in [-0.05, 0) is 29.6 Å². The molecular weight excluding hydrogens is 314 g/mol. The van der Waals surface area contributed by atoms with Crippen LogP contribution in [-0.2, 0) is 0 Å². The van der Waals surface area contributed by atoms with Crippen LogP contribution in [0.4, 0.5) is 8.78 Å². The molecule has 114 valence electrons. The van der Waals surface area contributed by atoms with Gasteiger partial charge in [0.25, 0.3) is 5.22 Å². The van der Waals surface area contributed by atoms with Gasteiger partial charge in [-0.2, -0.15) is 8.78 Å². The summed E-state index contributed by atoms with van der Waals surface area (Å²) in [6.07, 6.45) is 0. The smallest absolute Gasteiger partial charge is 0.387 e. The van der Waals surface area contributed by atoms with E-state index < -0.39 is 14.7 Å². The first-order chi connectivity index (χ1) is 9.83. The summed E-state index contributed by atoms with van der Waals surface area (Å²) in [5, 5.41) is 9.47. The molecule has 0 aliphatic rings. The van der Waals surface area contributed by atoms with Gasteiger partial charge in [0.15, 0.2) is 0 Å². The molecule has 0 saturated carbocycles. The summed E-state index contributed by atoms with van der Waals surface area (Å²) in [6, 6.07) is 6.11. The van der Waals surface area contributed by atoms with E-state index in [0.29, 0.717) is 16.7 Å². The van der Waals surface area contributed by atoms with Crippen molar-refractivity contribution in [3.8, 4) is 17.2 Å². The molecule has 2 aromatic rings. The zero-order valence-electron chi connectivity index (χ0n) is 12.0. The molecule has 0 amide bonds. The predicted molar refractivity (Wildman–Crippen MR) is 80.4 cm³/mol. The Hall–Kier alpha value is -1.41. The third kappa shape index (κ3) is 5.13. The Bertz CT molecular complexity index is 585. The minimum atomic E-state index is -2.83. The number of rotatable bonds is 6. The fourth-order valence-electron chi connectivity index (χ4n) is 1.44. The number of thioether (sulfide) groups is 1. The van der Waals surface area contributed by atoms with Crippen LogP contribution in [0.1, 0.15) is 0 Å². The topological polar surface area (TPSA) is 48.2 Å². The minimum Gasteiger partial charge on any atom is -0.435 e. The average molecular weight is 330 g/mol. The Kier molecular flexibility index (Phi) is 4.99. The number of aromatic nitrogens is 2. The quantitative estimate of drug-likeness (QED) is 0.583. The highest BCUT2D eigenvalue weighted by Crippen LogP contribution is 2.26. The normalized spacial score (nSPS) is 11.9. The molecule has 1 heterocycles. The summed E-state index contributed by atoms with van der Waals surface area (Å²) >= 11 is 1.55. The van der Waals surface area contributed by atoms with Gasteiger partial charge >= 0.3 is 6.61 Å². The molecule has 0 unspecified atom stereocenters. The van der Waals surface area contributed by atoms with E-state index in [-0.39, 0.29) is 5.75 Å². The van der Waals surface area contributed by atoms with E-state index in [1.807, 2.05) is 0 Å². The number of nitrogens with zero attached hydrogens (tertiary/aromatic N) is 2. The van der Waals surface area contributed by atoms with Gasteiger partial charge < -0.3 is 9.15 Å². The molecule has 21 heavy (non-hydrogen) atoms. The van der Waals surface area contributed by atoms with Crippen LogP contribution in [0.15, 0.2) is 33.9 Å². The third-order valence-corrected chi connectivity index (χ3v) is 6.81. The number of hydrogen-bond acceptors (Lipinski definition) is 5. The Balaban J connectivity index is 2.03. The molecule has 0 fully saturated rings. The SMILES string of the molecule is C[Si](C)(C)CSc1nnc(-c2ccc(OC(F)F)cc2)o1. The van der Waals surface area contributed by atoms with Crippen molar-refractivity contribution in [3.05, 3.63) is 24.3 Å². The van der Waals surface area contributed by atoms with Gasteiger partial charge in [0.2, 0.25) is 5.89 Å². The second kappa shape index (κ2) is 6.57. The molecule has 0 spiro atoms. The summed E-state index contributed by atoms with van der Waals surface area (Å²) in [4.78, 5) is 0. The number of alkyl halides is 2. The van der Waals surface area contributed by atoms with Crippen molar-refractivity contribution in [1.29, 1.82) is 0 Å². The first-order valence-electron chi connectivity index (χ1n) is 6.35. The fourth-order valence-corrected chi connectivity index (χ4v) is 3.90. The summed E-state index contributed by atoms with van der Waals surface area (Å²) in [5.41, 5.74) is 0.670. The van der Waals surface area contributed by atoms with Crippen LogP contribution < -0.4 is 4.74 Å². The zero-order valence-corrected chi connectivity index (χ0v) is 13.8. The molecule has 0 atom stereocenters. The van der Waals surface area contributed by atoms with Gasteiger partial charge in [-0.15, -0.1) is 10.2 Å². The molecule has 0 radical (unpaired) electrons. The van der Waals surface area contributed by atoms with Gasteiger partial charge in [-0.1, -0.05) is 31.4 Å². The monoisotopic (exact) mass is 330 g/mol. The van der Waals surface area contributed by atoms with Crippen LogP contribution in [0.5, 0.6) is 5.75 Å². The van der Waals surface area contributed by atoms with Crippen LogP contribution >= 0.6 is 11.8 Å². The summed E-state index contributed by atoms with van der Waals surface area (Å²) in [7, 11) is -1.19. The Morgan fingerprint density at radius 2 is 1.86 bits per heavy atom. The lowest BCUT2D eigenvalue weighted by atomic mass is 10.2. The van der Waals surface area contributed by atoms with E-state index in [1.54, 1.807) is 23.9 Å². The van der Waals surface area contributed by atoms with E-state index in [9.17, 15) is 8.78 Å². The van der Waals surface area contributed by atoms with Gasteiger partial charge in [0.05, 0.1) is 8.07 Å². The molecule has 2 rings (SSSR count). The van der Waals surface area contributed by atoms with Gasteiger partial charge in [0, 0.05) is 5.56 Å². The minimum absolute atomic E-state index is 0.0987. The molecule has 0 aliphatic carbocycles. The number of benzene rings is 1. The highest BCUT2D eigenvalue weighted by Gasteiger charge is 2.16. The lowest BCUT2D eigenvalue weighted by Gasteiger charge is -2.12. The van der Waals surface area contributed by atoms with Crippen LogP contribution in [0.3, 0.4) is 0 Å². The van der Waals surface area contributed by atoms with Gasteiger partial charge in [-0.3, -0.25) is 0 Å². The Morgan fingerprint density at radius 1 is 1.19 bits per heavy atom. The van der Waals surface area contributed by atoms with Crippen LogP contribution in [0.2, 0.25) is 19.6 Å². The molecular formula is C13H16F2N2O2SSi. The molecule has 1 aromatic heterocycles. The zero-order chi connectivity index (χ0) is 15.5. The molecule has 1 aromatic carbocycles. The van der Waals surface area contributed by atoms with Crippen LogP contribution in [0.25, 0.3) is 11.5 Å². The second-order valence-corrected chi connectivity index (χ2v) is 12.5. The number of ether oxygens (including phenoxy) is 1. The maximum atomic E-state index is 12.1. The number of halogens is 2. The molecule has 0 N–H and O–H groups in total. The predicted octanol–water partition coefficient (Wildman–Crippen LogP) is 4.31. The maximum Gasteiger partial charge on any atom is 0.387 e. The highest BCUT2D eigenvalue weighted by molar-refractivity contribution is 8.00. The highest BCUT2D eigenvalue weighted by atomic mass is 32.2. The third-order valence-electron chi connectivity index (χ3n) is 2.36. The summed E-state index contributed by atoms with van der Waals surface area (Å²) in [6.45, 7) is 3.96. The molecule has 4 nitrogen and oxygen atoms in total. The van der Waals surface area contributed by atoms with Crippen molar-refractivity contribution in [2.45, 2.75) is 31.5 Å². The van der Waals surface area contributed by atoms with Gasteiger partial charge in [0.1, 0.15) is 5.75 Å². The first kappa shape index (κ1) is 16.0. The van der Waals surface area contributed by atoms with E-state index in [2.05, 4.69) is 34.6 Å². The van der Waals surface area contributed by atoms with E-state index in [4.69, 9.17) is 4.42 Å². The van der Waals surface area contributed by atoms with E-state index >= 15 is 0 Å². The summed E-state index contributed by atoms with van der Waals surface area (Å²) < 4.78 is 34.0. The van der Waals surface area contributed by atoms with Crippen molar-refractivity contribution in [1.82, 2.24) is 10.2 Å². The molecule has 0 saturated heterocycles. The summed E-state index contributed by atoms with van der Waals surface area (Å²) in [5.74, 6) is 0.471. The van der Waals surface area contributed by atoms with Gasteiger partial charge in [-0.25, -0.2) is 0 Å². The van der Waals surface area contributed by atoms with Crippen molar-refractivity contribution in [2.24, 2.45) is 0 Å². The number of hydrogen-bond donors (Lipinski definition) is 0. The largest absolute Gasteiger partial charge is 0.435 e. The molecule has 0 aliphatic heterocycles. The molecule has 8 heteroatoms. The lowest BCUT2D eigenvalue weighted by Crippen LogP contribution is -2.23. The first-order valence-corrected chi connectivity index (χ1v) is 11.0. The van der Waals surface area contributed by atoms with Crippen LogP contribution in [-0.4, -0.2) is 30.3 Å². The van der Waals surface area contributed by atoms with Crippen molar-refractivity contribution in [2.75, 3.05) is 5.38 Å². The van der Waals surface area contributed by atoms with E-state index in [1.165, 1.54) is 12.1 Å². The molecule has 0 bridgehead atoms. The fraction of sp³-hybridized carbons (Fsp3) is 0.385. The lowest BCUT2D eigenvalue weighted by molar-refractivity contribution is -0.0498. The van der Waals surface area contributed by atoms with Crippen molar-refractivity contribution in [3.63, 3.8) is 0 Å². The Morgan fingerprint density at radius 3 is 2.43 bits per heavy atom. The maximum absolute atomic E-state index is 12.1. The van der Waals surface area contributed by atoms with Crippen molar-refractivity contribution >= 4 is 19.8 Å². The van der Waals surface area contributed by atoms with Crippen molar-refractivity contribution < 1.29 is 17.9 Å².